The molecule has 0 aromatic heterocycles. The zero-order valence-corrected chi connectivity index (χ0v) is 21.6. The number of benzene rings is 2. The van der Waals surface area contributed by atoms with E-state index in [1.807, 2.05) is 6.92 Å². The van der Waals surface area contributed by atoms with E-state index >= 15 is 0 Å². The summed E-state index contributed by atoms with van der Waals surface area (Å²) in [4.78, 5) is 15.1. The highest BCUT2D eigenvalue weighted by Gasteiger charge is 2.58. The zero-order valence-electron chi connectivity index (χ0n) is 21.6. The molecule has 0 bridgehead atoms. The molecule has 3 saturated heterocycles. The monoisotopic (exact) mass is 510 g/mol. The minimum atomic E-state index is -0.408. The van der Waals surface area contributed by atoms with Crippen LogP contribution in [-0.2, 0) is 14.2 Å². The van der Waals surface area contributed by atoms with Crippen molar-refractivity contribution in [3.8, 4) is 17.2 Å². The third kappa shape index (κ3) is 4.28. The molecule has 0 saturated carbocycles. The van der Waals surface area contributed by atoms with Crippen molar-refractivity contribution in [3.05, 3.63) is 35.9 Å². The van der Waals surface area contributed by atoms with Crippen LogP contribution in [0.2, 0.25) is 0 Å². The molecule has 0 spiro atoms. The average Bonchev–Trinajstić information content (AvgIpc) is 3.76. The summed E-state index contributed by atoms with van der Waals surface area (Å²) in [5.41, 5.74) is 0.501. The first kappa shape index (κ1) is 24.3. The summed E-state index contributed by atoms with van der Waals surface area (Å²) in [7, 11) is 0. The molecule has 5 atom stereocenters. The van der Waals surface area contributed by atoms with E-state index in [0.717, 1.165) is 25.7 Å². The number of hydrogen-bond donors (Lipinski definition) is 4. The number of phenolic OH excluding ortho intramolecular Hbond substituents is 3. The van der Waals surface area contributed by atoms with E-state index in [4.69, 9.17) is 14.2 Å². The van der Waals surface area contributed by atoms with Gasteiger partial charge in [-0.15, -0.1) is 0 Å². The highest BCUT2D eigenvalue weighted by atomic mass is 16.6. The maximum Gasteiger partial charge on any atom is 0.260 e. The predicted octanol–water partition coefficient (Wildman–Crippen LogP) is 4.56. The quantitative estimate of drug-likeness (QED) is 0.231. The lowest BCUT2D eigenvalue weighted by Gasteiger charge is -2.23. The summed E-state index contributed by atoms with van der Waals surface area (Å²) in [6, 6.07) is 7.31. The summed E-state index contributed by atoms with van der Waals surface area (Å²) in [6.07, 6.45) is 3.90. The second-order valence-electron chi connectivity index (χ2n) is 11.7. The number of nitrogens with one attached hydrogen (secondary N) is 1. The molecule has 9 heteroatoms. The van der Waals surface area contributed by atoms with E-state index in [1.54, 1.807) is 12.1 Å². The third-order valence-corrected chi connectivity index (χ3v) is 8.53. The Bertz CT molecular complexity index is 1280. The minimum Gasteiger partial charge on any atom is -0.508 e. The number of anilines is 3. The van der Waals surface area contributed by atoms with Gasteiger partial charge in [-0.2, -0.15) is 0 Å². The van der Waals surface area contributed by atoms with Crippen LogP contribution in [0, 0.1) is 0 Å². The molecule has 4 heterocycles. The largest absolute Gasteiger partial charge is 0.508 e. The smallest absolute Gasteiger partial charge is 0.260 e. The number of phenols is 3. The number of rotatable bonds is 8. The van der Waals surface area contributed by atoms with Gasteiger partial charge in [0.1, 0.15) is 29.0 Å². The zero-order chi connectivity index (χ0) is 26.3. The first-order chi connectivity index (χ1) is 17.4. The van der Waals surface area contributed by atoms with Gasteiger partial charge in [0.25, 0.3) is 5.91 Å². The number of aromatic hydroxyl groups is 3. The molecule has 6 rings (SSSR count). The van der Waals surface area contributed by atoms with Crippen molar-refractivity contribution < 1.29 is 34.3 Å². The Morgan fingerprint density at radius 3 is 2.22 bits per heavy atom. The summed E-state index contributed by atoms with van der Waals surface area (Å²) in [5.74, 6) is -0.865. The minimum absolute atomic E-state index is 0.00492. The van der Waals surface area contributed by atoms with Crippen molar-refractivity contribution >= 4 is 23.0 Å². The van der Waals surface area contributed by atoms with E-state index < -0.39 is 5.60 Å². The Balaban J connectivity index is 1.14. The van der Waals surface area contributed by atoms with Crippen LogP contribution in [0.15, 0.2) is 30.3 Å². The first-order valence-electron chi connectivity index (χ1n) is 12.9. The summed E-state index contributed by atoms with van der Waals surface area (Å²) in [6.45, 7) is 8.67. The molecule has 0 radical (unpaired) electrons. The lowest BCUT2D eigenvalue weighted by molar-refractivity contribution is 0.0986. The molecule has 2 aromatic rings. The van der Waals surface area contributed by atoms with Gasteiger partial charge >= 0.3 is 0 Å². The van der Waals surface area contributed by atoms with Crippen molar-refractivity contribution in [1.29, 1.82) is 0 Å². The lowest BCUT2D eigenvalue weighted by atomic mass is 9.92. The van der Waals surface area contributed by atoms with E-state index in [1.165, 1.54) is 23.1 Å². The topological polar surface area (TPSA) is 131 Å². The molecule has 4 unspecified atom stereocenters. The standard InChI is InChI=1S/C28H34N2O7/c1-26(2)20(35-26)8-10-27(3)21(36-27)9-11-28(4)22(37-28)14-30-17-12-15(31)13-19(33)24(17)29-23-16(25(30)34)6-5-7-18(23)32/h5-7,12-13,20-22,29,31-33H,8-11,14H2,1-4H3/t20?,21?,22-,27?,28?/m0/s1. The SMILES string of the molecule is CC1(C)OC1CCC1(C)OC1CCC1(C)O[C@H]1CN1C(=O)c2cccc(O)c2Nc2c(O)cc(O)cc21. The highest BCUT2D eigenvalue weighted by Crippen LogP contribution is 2.51. The second-order valence-corrected chi connectivity index (χ2v) is 11.7. The fourth-order valence-electron chi connectivity index (χ4n) is 5.71. The van der Waals surface area contributed by atoms with Crippen LogP contribution in [0.5, 0.6) is 17.2 Å². The molecular weight excluding hydrogens is 476 g/mol. The van der Waals surface area contributed by atoms with Gasteiger partial charge in [0, 0.05) is 12.1 Å². The number of ether oxygens (including phenoxy) is 3. The predicted molar refractivity (Wildman–Crippen MR) is 137 cm³/mol. The van der Waals surface area contributed by atoms with Crippen molar-refractivity contribution in [3.63, 3.8) is 0 Å². The molecule has 4 aliphatic rings. The van der Waals surface area contributed by atoms with Gasteiger partial charge in [0.05, 0.1) is 52.5 Å². The second kappa shape index (κ2) is 7.99. The molecule has 1 amide bonds. The van der Waals surface area contributed by atoms with Crippen LogP contribution in [0.25, 0.3) is 0 Å². The molecule has 4 aliphatic heterocycles. The normalized spacial score (nSPS) is 32.7. The van der Waals surface area contributed by atoms with Gasteiger partial charge in [0.15, 0.2) is 0 Å². The van der Waals surface area contributed by atoms with E-state index in [-0.39, 0.29) is 70.0 Å². The van der Waals surface area contributed by atoms with Crippen LogP contribution < -0.4 is 10.2 Å². The van der Waals surface area contributed by atoms with E-state index in [2.05, 4.69) is 26.1 Å². The Morgan fingerprint density at radius 1 is 0.865 bits per heavy atom. The van der Waals surface area contributed by atoms with Gasteiger partial charge in [-0.25, -0.2) is 0 Å². The van der Waals surface area contributed by atoms with Crippen molar-refractivity contribution in [2.45, 2.75) is 88.5 Å². The number of amides is 1. The van der Waals surface area contributed by atoms with Crippen LogP contribution in [0.4, 0.5) is 17.1 Å². The van der Waals surface area contributed by atoms with Gasteiger partial charge < -0.3 is 39.7 Å². The molecule has 9 nitrogen and oxygen atoms in total. The summed E-state index contributed by atoms with van der Waals surface area (Å²) < 4.78 is 17.9. The Labute approximate surface area is 215 Å². The molecular formula is C28H34N2O7. The number of nitrogens with zero attached hydrogens (tertiary/aromatic N) is 1. The fraction of sp³-hybridized carbons (Fsp3) is 0.536. The Hall–Kier alpha value is -3.01. The first-order valence-corrected chi connectivity index (χ1v) is 12.9. The number of para-hydroxylation sites is 1. The van der Waals surface area contributed by atoms with Crippen molar-refractivity contribution in [2.24, 2.45) is 0 Å². The van der Waals surface area contributed by atoms with Gasteiger partial charge in [-0.3, -0.25) is 4.79 Å². The molecule has 4 N–H and O–H groups in total. The highest BCUT2D eigenvalue weighted by molar-refractivity contribution is 6.15. The number of fused-ring (bicyclic) bond motifs is 2. The van der Waals surface area contributed by atoms with E-state index in [0.29, 0.717) is 11.8 Å². The summed E-state index contributed by atoms with van der Waals surface area (Å²) in [5, 5.41) is 34.1. The average molecular weight is 511 g/mol. The summed E-state index contributed by atoms with van der Waals surface area (Å²) >= 11 is 0. The van der Waals surface area contributed by atoms with Crippen LogP contribution in [0.1, 0.15) is 63.7 Å². The van der Waals surface area contributed by atoms with Gasteiger partial charge in [-0.1, -0.05) is 6.07 Å². The maximum atomic E-state index is 13.6. The lowest BCUT2D eigenvalue weighted by Crippen LogP contribution is -2.35. The van der Waals surface area contributed by atoms with Gasteiger partial charge in [0.2, 0.25) is 0 Å². The van der Waals surface area contributed by atoms with Crippen molar-refractivity contribution in [2.75, 3.05) is 16.8 Å². The Morgan fingerprint density at radius 2 is 1.51 bits per heavy atom. The molecule has 3 fully saturated rings. The molecule has 0 aliphatic carbocycles. The number of epoxide rings is 3. The van der Waals surface area contributed by atoms with Crippen LogP contribution in [0.3, 0.4) is 0 Å². The molecule has 198 valence electrons. The van der Waals surface area contributed by atoms with Crippen LogP contribution >= 0.6 is 0 Å². The van der Waals surface area contributed by atoms with Gasteiger partial charge in [-0.05, 0) is 65.5 Å². The number of carbonyl (C=O) groups excluding carboxylic acids is 1. The molecule has 2 aromatic carbocycles. The number of carbonyl (C=O) groups is 1. The van der Waals surface area contributed by atoms with Crippen molar-refractivity contribution in [1.82, 2.24) is 0 Å². The fourth-order valence-corrected chi connectivity index (χ4v) is 5.71. The van der Waals surface area contributed by atoms with E-state index in [9.17, 15) is 20.1 Å². The molecule has 37 heavy (non-hydrogen) atoms. The number of hydrogen-bond acceptors (Lipinski definition) is 8. The Kier molecular flexibility index (Phi) is 5.26. The van der Waals surface area contributed by atoms with Crippen LogP contribution in [-0.4, -0.2) is 62.9 Å². The third-order valence-electron chi connectivity index (χ3n) is 8.53. The maximum absolute atomic E-state index is 13.6.